The number of benzene rings is 2. The van der Waals surface area contributed by atoms with Gasteiger partial charge in [-0.1, -0.05) is 24.3 Å². The van der Waals surface area contributed by atoms with Gasteiger partial charge in [-0.15, -0.1) is 11.3 Å². The number of fused-ring (bicyclic) bond motifs is 1. The highest BCUT2D eigenvalue weighted by molar-refractivity contribution is 7.07. The largest absolute Gasteiger partial charge is 0.497 e. The number of esters is 1. The summed E-state index contributed by atoms with van der Waals surface area (Å²) in [5.74, 6) is -0.255. The molecule has 0 fully saturated rings. The first-order chi connectivity index (χ1) is 17.6. The number of carbonyl (C=O) groups excluding carboxylic acids is 1. The van der Waals surface area contributed by atoms with E-state index in [-0.39, 0.29) is 17.0 Å². The minimum Gasteiger partial charge on any atom is -0.497 e. The topological polar surface area (TPSA) is 117 Å². The molecule has 1 aliphatic rings. The highest BCUT2D eigenvalue weighted by Crippen LogP contribution is 2.37. The maximum Gasteiger partial charge on any atom is 0.339 e. The number of nitriles is 1. The third-order valence-electron chi connectivity index (χ3n) is 5.75. The van der Waals surface area contributed by atoms with Crippen molar-refractivity contribution in [2.75, 3.05) is 14.2 Å². The van der Waals surface area contributed by atoms with Crippen molar-refractivity contribution in [2.45, 2.75) is 32.3 Å². The molecule has 1 aliphatic heterocycles. The molecule has 0 saturated carbocycles. The first-order valence-corrected chi connectivity index (χ1v) is 12.3. The van der Waals surface area contributed by atoms with Gasteiger partial charge < -0.3 is 19.9 Å². The molecule has 1 aromatic heterocycles. The summed E-state index contributed by atoms with van der Waals surface area (Å²) in [6, 6.07) is 16.5. The van der Waals surface area contributed by atoms with E-state index in [1.54, 1.807) is 77.5 Å². The Balaban J connectivity index is 2.00. The van der Waals surface area contributed by atoms with E-state index in [2.05, 4.69) is 6.07 Å². The minimum absolute atomic E-state index is 0.0417. The Kier molecular flexibility index (Phi) is 6.96. The summed E-state index contributed by atoms with van der Waals surface area (Å²) in [6.07, 6.45) is 1.72. The van der Waals surface area contributed by atoms with Crippen molar-refractivity contribution in [1.82, 2.24) is 4.57 Å². The van der Waals surface area contributed by atoms with Gasteiger partial charge in [0, 0.05) is 0 Å². The van der Waals surface area contributed by atoms with Crippen molar-refractivity contribution >= 4 is 34.8 Å². The molecule has 1 atom stereocenters. The van der Waals surface area contributed by atoms with Crippen molar-refractivity contribution in [3.05, 3.63) is 84.8 Å². The second kappa shape index (κ2) is 9.99. The molecule has 2 aromatic carbocycles. The summed E-state index contributed by atoms with van der Waals surface area (Å²) < 4.78 is 18.1. The first kappa shape index (κ1) is 25.8. The van der Waals surface area contributed by atoms with Crippen LogP contribution in [0.15, 0.2) is 58.9 Å². The number of carbonyl (C=O) groups is 1. The SMILES string of the molecule is COc1ccc(C=c2sc3n(c2=O)C(N)=C(C(=O)OC(C)(C)C)C(c2ccc(OC)cc2)C=3C#N)cc1. The quantitative estimate of drug-likeness (QED) is 0.517. The second-order valence-corrected chi connectivity index (χ2v) is 10.4. The summed E-state index contributed by atoms with van der Waals surface area (Å²) in [4.78, 5) is 26.9. The van der Waals surface area contributed by atoms with E-state index in [9.17, 15) is 14.9 Å². The predicted molar refractivity (Wildman–Crippen MR) is 142 cm³/mol. The molecule has 37 heavy (non-hydrogen) atoms. The van der Waals surface area contributed by atoms with Gasteiger partial charge in [-0.05, 0) is 62.2 Å². The molecule has 0 spiro atoms. The summed E-state index contributed by atoms with van der Waals surface area (Å²) in [7, 11) is 3.13. The van der Waals surface area contributed by atoms with Crippen LogP contribution in [0.3, 0.4) is 0 Å². The van der Waals surface area contributed by atoms with E-state index >= 15 is 0 Å². The zero-order chi connectivity index (χ0) is 26.9. The van der Waals surface area contributed by atoms with Gasteiger partial charge in [-0.25, -0.2) is 4.79 Å². The van der Waals surface area contributed by atoms with Crippen LogP contribution in [0.4, 0.5) is 0 Å². The van der Waals surface area contributed by atoms with Crippen molar-refractivity contribution in [2.24, 2.45) is 5.73 Å². The van der Waals surface area contributed by atoms with E-state index in [4.69, 9.17) is 19.9 Å². The third-order valence-corrected chi connectivity index (χ3v) is 6.86. The molecule has 0 bridgehead atoms. The van der Waals surface area contributed by atoms with Crippen LogP contribution < -0.4 is 30.0 Å². The molecule has 3 aromatic rings. The van der Waals surface area contributed by atoms with Gasteiger partial charge in [0.1, 0.15) is 27.6 Å². The van der Waals surface area contributed by atoms with E-state index in [0.29, 0.717) is 26.3 Å². The van der Waals surface area contributed by atoms with Crippen LogP contribution in [-0.4, -0.2) is 30.4 Å². The molecule has 0 saturated heterocycles. The number of hydrogen-bond donors (Lipinski definition) is 1. The number of thiazole rings is 1. The lowest BCUT2D eigenvalue weighted by Gasteiger charge is -2.28. The molecule has 0 amide bonds. The van der Waals surface area contributed by atoms with E-state index < -0.39 is 23.0 Å². The Morgan fingerprint density at radius 3 is 2.14 bits per heavy atom. The standard InChI is InChI=1S/C28H27N3O5S/c1-28(2,3)36-27(33)23-22(17-8-12-19(35-5)13-9-17)20(15-29)26-31(24(23)30)25(32)21(37-26)14-16-6-10-18(34-4)11-7-16/h6-14,22H,30H2,1-5H3. The third kappa shape index (κ3) is 5.01. The number of hydrogen-bond acceptors (Lipinski definition) is 8. The lowest BCUT2D eigenvalue weighted by atomic mass is 9.83. The Hall–Kier alpha value is -4.29. The van der Waals surface area contributed by atoms with Crippen molar-refractivity contribution in [3.63, 3.8) is 0 Å². The van der Waals surface area contributed by atoms with Crippen LogP contribution in [0.2, 0.25) is 0 Å². The number of rotatable bonds is 5. The summed E-state index contributed by atoms with van der Waals surface area (Å²) in [6.45, 7) is 5.23. The highest BCUT2D eigenvalue weighted by Gasteiger charge is 2.37. The molecule has 4 rings (SSSR count). The summed E-state index contributed by atoms with van der Waals surface area (Å²) in [5.41, 5.74) is 6.99. The van der Waals surface area contributed by atoms with Gasteiger partial charge >= 0.3 is 5.97 Å². The number of methoxy groups -OCH3 is 2. The fourth-order valence-electron chi connectivity index (χ4n) is 4.07. The smallest absolute Gasteiger partial charge is 0.339 e. The lowest BCUT2D eigenvalue weighted by Crippen LogP contribution is -2.41. The Bertz CT molecular complexity index is 1600. The molecule has 8 nitrogen and oxygen atoms in total. The highest BCUT2D eigenvalue weighted by atomic mass is 32.1. The number of ether oxygens (including phenoxy) is 3. The van der Waals surface area contributed by atoms with E-state index in [1.165, 1.54) is 4.57 Å². The van der Waals surface area contributed by atoms with Gasteiger partial charge in [0.2, 0.25) is 0 Å². The fraction of sp³-hybridized carbons (Fsp3) is 0.250. The maximum atomic E-state index is 13.5. The van der Waals surface area contributed by atoms with Crippen molar-refractivity contribution in [3.8, 4) is 17.6 Å². The van der Waals surface area contributed by atoms with Crippen molar-refractivity contribution < 1.29 is 19.0 Å². The van der Waals surface area contributed by atoms with E-state index in [0.717, 1.165) is 16.9 Å². The average molecular weight is 518 g/mol. The van der Waals surface area contributed by atoms with Crippen LogP contribution in [-0.2, 0) is 9.53 Å². The molecule has 1 unspecified atom stereocenters. The minimum atomic E-state index is -0.822. The molecular formula is C28H27N3O5S. The Labute approximate surface area is 218 Å². The molecule has 2 N–H and O–H groups in total. The summed E-state index contributed by atoms with van der Waals surface area (Å²) >= 11 is 1.15. The molecule has 9 heteroatoms. The van der Waals surface area contributed by atoms with Gasteiger partial charge in [0.25, 0.3) is 5.56 Å². The van der Waals surface area contributed by atoms with Crippen LogP contribution in [0.5, 0.6) is 11.5 Å². The predicted octanol–water partition coefficient (Wildman–Crippen LogP) is 2.70. The monoisotopic (exact) mass is 517 g/mol. The van der Waals surface area contributed by atoms with Crippen LogP contribution in [0, 0.1) is 11.3 Å². The van der Waals surface area contributed by atoms with Crippen molar-refractivity contribution in [1.29, 1.82) is 5.26 Å². The van der Waals surface area contributed by atoms with Gasteiger partial charge in [0.05, 0.1) is 41.9 Å². The number of aromatic nitrogens is 1. The molecular weight excluding hydrogens is 490 g/mol. The maximum absolute atomic E-state index is 13.5. The Morgan fingerprint density at radius 1 is 1.05 bits per heavy atom. The molecule has 0 radical (unpaired) electrons. The molecule has 0 aliphatic carbocycles. The zero-order valence-corrected chi connectivity index (χ0v) is 22.0. The normalized spacial score (nSPS) is 15.7. The number of nitrogens with zero attached hydrogens (tertiary/aromatic N) is 2. The zero-order valence-electron chi connectivity index (χ0n) is 21.2. The van der Waals surface area contributed by atoms with Gasteiger partial charge in [0.15, 0.2) is 0 Å². The molecule has 190 valence electrons. The van der Waals surface area contributed by atoms with Crippen LogP contribution in [0.25, 0.3) is 17.5 Å². The van der Waals surface area contributed by atoms with Crippen LogP contribution >= 0.6 is 11.3 Å². The second-order valence-electron chi connectivity index (χ2n) is 9.36. The number of nitrogens with two attached hydrogens (primary N) is 1. The van der Waals surface area contributed by atoms with Crippen LogP contribution in [0.1, 0.15) is 37.8 Å². The van der Waals surface area contributed by atoms with E-state index in [1.807, 2.05) is 12.1 Å². The lowest BCUT2D eigenvalue weighted by molar-refractivity contribution is -0.150. The first-order valence-electron chi connectivity index (χ1n) is 11.5. The summed E-state index contributed by atoms with van der Waals surface area (Å²) in [5, 5.41) is 10.3. The molecule has 2 heterocycles. The Morgan fingerprint density at radius 2 is 1.62 bits per heavy atom. The average Bonchev–Trinajstić information content (AvgIpc) is 3.19. The van der Waals surface area contributed by atoms with Gasteiger partial charge in [-0.3, -0.25) is 9.36 Å². The van der Waals surface area contributed by atoms with Gasteiger partial charge in [-0.2, -0.15) is 5.26 Å². The fourth-order valence-corrected chi connectivity index (χ4v) is 5.19.